The molecule has 0 aliphatic carbocycles. The molecule has 0 rings (SSSR count). The number of rotatable bonds is 2. The fourth-order valence-electron chi connectivity index (χ4n) is 0.360. The molecule has 7 nitrogen and oxygen atoms in total. The van der Waals surface area contributed by atoms with E-state index in [0.717, 1.165) is 7.11 Å². The van der Waals surface area contributed by atoms with Gasteiger partial charge in [-0.15, -0.1) is 0 Å². The lowest BCUT2D eigenvalue weighted by Crippen LogP contribution is -2.34. The maximum Gasteiger partial charge on any atom is 0.411 e. The quantitative estimate of drug-likeness (QED) is 0.421. The van der Waals surface area contributed by atoms with Crippen LogP contribution in [0.25, 0.3) is 0 Å². The Bertz CT molecular complexity index is 264. The predicted octanol–water partition coefficient (Wildman–Crippen LogP) is -0.693. The molecule has 0 heterocycles. The fraction of sp³-hybridized carbons (Fsp3) is 0.200. The van der Waals surface area contributed by atoms with Crippen LogP contribution in [-0.4, -0.2) is 29.9 Å². The van der Waals surface area contributed by atoms with E-state index in [9.17, 15) is 9.59 Å². The number of hydrogen-bond donors (Lipinski definition) is 2. The van der Waals surface area contributed by atoms with Gasteiger partial charge < -0.3 is 9.94 Å². The number of carbonyl (C=O) groups excluding carboxylic acids is 1. The largest absolute Gasteiger partial charge is 0.465 e. The highest BCUT2D eigenvalue weighted by Crippen LogP contribution is 1.79. The van der Waals surface area contributed by atoms with Crippen molar-refractivity contribution < 1.29 is 19.5 Å². The number of oxime groups is 1. The zero-order valence-corrected chi connectivity index (χ0v) is 6.07. The summed E-state index contributed by atoms with van der Waals surface area (Å²) in [5.41, 5.74) is -0.653. The highest BCUT2D eigenvalue weighted by molar-refractivity contribution is 6.46. The normalized spacial score (nSPS) is 9.83. The Kier molecular flexibility index (Phi) is 3.86. The van der Waals surface area contributed by atoms with E-state index in [1.54, 1.807) is 0 Å². The Morgan fingerprint density at radius 1 is 1.67 bits per heavy atom. The summed E-state index contributed by atoms with van der Waals surface area (Å²) in [5, 5.41) is 20.7. The zero-order chi connectivity index (χ0) is 9.56. The maximum atomic E-state index is 10.6. The van der Waals surface area contributed by atoms with E-state index in [2.05, 4.69) is 9.99 Å². The summed E-state index contributed by atoms with van der Waals surface area (Å²) < 4.78 is 0. The van der Waals surface area contributed by atoms with Gasteiger partial charge in [0.05, 0.1) is 0 Å². The molecule has 0 aliphatic heterocycles. The fourth-order valence-corrected chi connectivity index (χ4v) is 0.360. The standard InChI is InChI=1S/C5H5N3O4/c1-12-8-3(2-6)4(9)7-5(10)11/h1H3,(H,7,9)(H,10,11)/b8-3+. The Morgan fingerprint density at radius 3 is 2.58 bits per heavy atom. The number of amides is 2. The van der Waals surface area contributed by atoms with Crippen LogP contribution in [0.3, 0.4) is 0 Å². The van der Waals surface area contributed by atoms with E-state index < -0.39 is 17.7 Å². The van der Waals surface area contributed by atoms with Gasteiger partial charge >= 0.3 is 6.09 Å². The third-order valence-electron chi connectivity index (χ3n) is 0.724. The van der Waals surface area contributed by atoms with Gasteiger partial charge in [0.2, 0.25) is 5.71 Å². The molecule has 0 bridgehead atoms. The van der Waals surface area contributed by atoms with Gasteiger partial charge in [-0.1, -0.05) is 5.16 Å². The third kappa shape index (κ3) is 3.17. The van der Waals surface area contributed by atoms with E-state index in [4.69, 9.17) is 10.4 Å². The van der Waals surface area contributed by atoms with E-state index in [1.165, 1.54) is 11.4 Å². The third-order valence-corrected chi connectivity index (χ3v) is 0.724. The highest BCUT2D eigenvalue weighted by Gasteiger charge is 2.13. The van der Waals surface area contributed by atoms with Crippen molar-refractivity contribution in [3.05, 3.63) is 0 Å². The average Bonchev–Trinajstić information content (AvgIpc) is 1.98. The van der Waals surface area contributed by atoms with Crippen molar-refractivity contribution in [1.82, 2.24) is 5.32 Å². The van der Waals surface area contributed by atoms with Gasteiger partial charge in [0.25, 0.3) is 5.91 Å². The number of nitrogens with one attached hydrogen (secondary N) is 1. The smallest absolute Gasteiger partial charge is 0.411 e. The molecule has 2 N–H and O–H groups in total. The topological polar surface area (TPSA) is 112 Å². The van der Waals surface area contributed by atoms with Crippen molar-refractivity contribution in [2.24, 2.45) is 5.16 Å². The van der Waals surface area contributed by atoms with Crippen LogP contribution < -0.4 is 5.32 Å². The molecular formula is C5H5N3O4. The zero-order valence-electron chi connectivity index (χ0n) is 6.07. The summed E-state index contributed by atoms with van der Waals surface area (Å²) in [6, 6.07) is 1.36. The van der Waals surface area contributed by atoms with Crippen molar-refractivity contribution >= 4 is 17.7 Å². The highest BCUT2D eigenvalue weighted by atomic mass is 16.6. The Morgan fingerprint density at radius 2 is 2.25 bits per heavy atom. The van der Waals surface area contributed by atoms with Gasteiger partial charge in [-0.3, -0.25) is 10.1 Å². The van der Waals surface area contributed by atoms with Crippen molar-refractivity contribution in [2.75, 3.05) is 7.11 Å². The molecule has 0 spiro atoms. The monoisotopic (exact) mass is 171 g/mol. The maximum absolute atomic E-state index is 10.6. The first-order valence-electron chi connectivity index (χ1n) is 2.67. The molecule has 2 amide bonds. The van der Waals surface area contributed by atoms with Crippen LogP contribution in [0.4, 0.5) is 4.79 Å². The van der Waals surface area contributed by atoms with Crippen LogP contribution in [0.15, 0.2) is 5.16 Å². The van der Waals surface area contributed by atoms with E-state index in [0.29, 0.717) is 0 Å². The summed E-state index contributed by atoms with van der Waals surface area (Å²) in [7, 11) is 1.13. The number of carboxylic acid groups (broad SMARTS) is 1. The van der Waals surface area contributed by atoms with Gasteiger partial charge in [-0.2, -0.15) is 5.26 Å². The Hall–Kier alpha value is -2.10. The number of hydrogen-bond acceptors (Lipinski definition) is 5. The van der Waals surface area contributed by atoms with Crippen LogP contribution >= 0.6 is 0 Å². The molecule has 0 aromatic rings. The van der Waals surface area contributed by atoms with Gasteiger partial charge in [-0.05, 0) is 0 Å². The van der Waals surface area contributed by atoms with Crippen molar-refractivity contribution in [3.63, 3.8) is 0 Å². The van der Waals surface area contributed by atoms with E-state index in [1.807, 2.05) is 0 Å². The van der Waals surface area contributed by atoms with Crippen molar-refractivity contribution in [2.45, 2.75) is 0 Å². The second-order valence-corrected chi connectivity index (χ2v) is 1.49. The summed E-state index contributed by atoms with van der Waals surface area (Å²) >= 11 is 0. The first-order valence-corrected chi connectivity index (χ1v) is 2.67. The molecule has 0 aromatic carbocycles. The predicted molar refractivity (Wildman–Crippen MR) is 36.2 cm³/mol. The Labute approximate surface area is 67.2 Å². The van der Waals surface area contributed by atoms with Crippen LogP contribution in [0, 0.1) is 11.3 Å². The number of nitrogens with zero attached hydrogens (tertiary/aromatic N) is 2. The molecule has 0 unspecified atom stereocenters. The minimum atomic E-state index is -1.56. The molecule has 7 heteroatoms. The lowest BCUT2D eigenvalue weighted by molar-refractivity contribution is -0.114. The Balaban J connectivity index is 4.36. The van der Waals surface area contributed by atoms with Gasteiger partial charge in [0, 0.05) is 0 Å². The van der Waals surface area contributed by atoms with Crippen LogP contribution in [0.5, 0.6) is 0 Å². The second kappa shape index (κ2) is 4.68. The summed E-state index contributed by atoms with van der Waals surface area (Å²) in [4.78, 5) is 24.7. The molecule has 12 heavy (non-hydrogen) atoms. The first kappa shape index (κ1) is 9.90. The number of imide groups is 1. The summed E-state index contributed by atoms with van der Waals surface area (Å²) in [6.45, 7) is 0. The SMILES string of the molecule is CO/N=C(\C#N)C(=O)NC(=O)O. The number of carbonyl (C=O) groups is 2. The summed E-state index contributed by atoms with van der Waals surface area (Å²) in [5.74, 6) is -1.12. The van der Waals surface area contributed by atoms with E-state index in [-0.39, 0.29) is 0 Å². The summed E-state index contributed by atoms with van der Waals surface area (Å²) in [6.07, 6.45) is -1.56. The minimum Gasteiger partial charge on any atom is -0.465 e. The molecule has 0 saturated heterocycles. The molecule has 0 fully saturated rings. The first-order chi connectivity index (χ1) is 5.61. The van der Waals surface area contributed by atoms with Crippen molar-refractivity contribution in [1.29, 1.82) is 5.26 Å². The van der Waals surface area contributed by atoms with Crippen LogP contribution in [0.2, 0.25) is 0 Å². The molecule has 64 valence electrons. The number of nitriles is 1. The molecule has 0 aromatic heterocycles. The molecule has 0 radical (unpaired) electrons. The average molecular weight is 171 g/mol. The molecule has 0 atom stereocenters. The molecular weight excluding hydrogens is 166 g/mol. The van der Waals surface area contributed by atoms with Gasteiger partial charge in [-0.25, -0.2) is 4.79 Å². The second-order valence-electron chi connectivity index (χ2n) is 1.49. The van der Waals surface area contributed by atoms with Crippen molar-refractivity contribution in [3.8, 4) is 6.07 Å². The van der Waals surface area contributed by atoms with Crippen LogP contribution in [-0.2, 0) is 9.63 Å². The van der Waals surface area contributed by atoms with Crippen LogP contribution in [0.1, 0.15) is 0 Å². The van der Waals surface area contributed by atoms with Gasteiger partial charge in [0.1, 0.15) is 13.2 Å². The van der Waals surface area contributed by atoms with E-state index >= 15 is 0 Å². The lowest BCUT2D eigenvalue weighted by Gasteiger charge is -1.94. The molecule has 0 aliphatic rings. The minimum absolute atomic E-state index is 0.653. The molecule has 0 saturated carbocycles. The van der Waals surface area contributed by atoms with Gasteiger partial charge in [0.15, 0.2) is 0 Å². The lowest BCUT2D eigenvalue weighted by atomic mass is 10.4.